The molecule has 0 radical (unpaired) electrons. The Morgan fingerprint density at radius 2 is 2.09 bits per heavy atom. The van der Waals surface area contributed by atoms with Crippen LogP contribution >= 0.6 is 0 Å². The zero-order chi connectivity index (χ0) is 8.91. The van der Waals surface area contributed by atoms with E-state index in [4.69, 9.17) is 4.43 Å². The van der Waals surface area contributed by atoms with Crippen LogP contribution in [-0.4, -0.2) is 14.4 Å². The average Bonchev–Trinajstić information content (AvgIpc) is 1.87. The highest BCUT2D eigenvalue weighted by atomic mass is 28.4. The topological polar surface area (TPSA) is 9.23 Å². The standard InChI is InChI=1S/C9H20OSi/c1-6-8-9(3)10-11(4,5)7-2/h7,9H,2,6,8H2,1,3-5H3. The van der Waals surface area contributed by atoms with Crippen LogP contribution < -0.4 is 0 Å². The fourth-order valence-electron chi connectivity index (χ4n) is 1.03. The molecular weight excluding hydrogens is 152 g/mol. The van der Waals surface area contributed by atoms with Crippen molar-refractivity contribution in [3.05, 3.63) is 12.3 Å². The smallest absolute Gasteiger partial charge is 0.210 e. The van der Waals surface area contributed by atoms with E-state index in [1.807, 2.05) is 5.70 Å². The maximum Gasteiger partial charge on any atom is 0.210 e. The van der Waals surface area contributed by atoms with Crippen LogP contribution in [0.3, 0.4) is 0 Å². The van der Waals surface area contributed by atoms with E-state index < -0.39 is 8.32 Å². The second kappa shape index (κ2) is 4.73. The molecule has 0 aromatic heterocycles. The van der Waals surface area contributed by atoms with Gasteiger partial charge in [0.25, 0.3) is 0 Å². The quantitative estimate of drug-likeness (QED) is 0.579. The van der Waals surface area contributed by atoms with E-state index in [-0.39, 0.29) is 0 Å². The van der Waals surface area contributed by atoms with Crippen molar-refractivity contribution < 1.29 is 4.43 Å². The summed E-state index contributed by atoms with van der Waals surface area (Å²) in [5.41, 5.74) is 1.99. The van der Waals surface area contributed by atoms with Crippen molar-refractivity contribution >= 4 is 8.32 Å². The minimum atomic E-state index is -1.51. The lowest BCUT2D eigenvalue weighted by atomic mass is 10.2. The Kier molecular flexibility index (Phi) is 4.69. The number of hydrogen-bond donors (Lipinski definition) is 0. The summed E-state index contributed by atoms with van der Waals surface area (Å²) in [6, 6.07) is 0. The molecule has 0 rings (SSSR count). The first kappa shape index (κ1) is 10.9. The third kappa shape index (κ3) is 5.22. The molecule has 0 N–H and O–H groups in total. The summed E-state index contributed by atoms with van der Waals surface area (Å²) < 4.78 is 5.85. The second-order valence-electron chi connectivity index (χ2n) is 3.52. The Bertz CT molecular complexity index is 121. The first-order valence-electron chi connectivity index (χ1n) is 4.33. The fourth-order valence-corrected chi connectivity index (χ4v) is 2.28. The Hall–Kier alpha value is -0.0831. The van der Waals surface area contributed by atoms with Crippen LogP contribution in [-0.2, 0) is 4.43 Å². The summed E-state index contributed by atoms with van der Waals surface area (Å²) >= 11 is 0. The van der Waals surface area contributed by atoms with Crippen molar-refractivity contribution in [3.8, 4) is 0 Å². The van der Waals surface area contributed by atoms with Gasteiger partial charge in [0.05, 0.1) is 0 Å². The lowest BCUT2D eigenvalue weighted by molar-refractivity contribution is 0.205. The molecular formula is C9H20OSi. The van der Waals surface area contributed by atoms with Gasteiger partial charge in [-0.05, 0) is 26.4 Å². The molecule has 0 heterocycles. The van der Waals surface area contributed by atoms with E-state index in [0.29, 0.717) is 6.10 Å². The van der Waals surface area contributed by atoms with Crippen LogP contribution in [0.1, 0.15) is 26.7 Å². The summed E-state index contributed by atoms with van der Waals surface area (Å²) in [6.07, 6.45) is 2.76. The molecule has 1 atom stereocenters. The third-order valence-corrected chi connectivity index (χ3v) is 3.68. The van der Waals surface area contributed by atoms with Crippen LogP contribution in [0.2, 0.25) is 13.1 Å². The summed E-state index contributed by atoms with van der Waals surface area (Å²) in [7, 11) is -1.51. The number of rotatable bonds is 5. The van der Waals surface area contributed by atoms with E-state index in [0.717, 1.165) is 6.42 Å². The fraction of sp³-hybridized carbons (Fsp3) is 0.778. The number of hydrogen-bond acceptors (Lipinski definition) is 1. The Morgan fingerprint density at radius 3 is 2.45 bits per heavy atom. The molecule has 0 amide bonds. The predicted octanol–water partition coefficient (Wildman–Crippen LogP) is 3.12. The molecule has 0 saturated carbocycles. The molecule has 0 aromatic carbocycles. The van der Waals surface area contributed by atoms with E-state index >= 15 is 0 Å². The highest BCUT2D eigenvalue weighted by Gasteiger charge is 2.19. The molecule has 0 aliphatic carbocycles. The van der Waals surface area contributed by atoms with E-state index in [1.54, 1.807) is 0 Å². The van der Waals surface area contributed by atoms with Gasteiger partial charge < -0.3 is 4.43 Å². The maximum atomic E-state index is 5.85. The maximum absolute atomic E-state index is 5.85. The minimum Gasteiger partial charge on any atom is -0.411 e. The van der Waals surface area contributed by atoms with Gasteiger partial charge in [0.15, 0.2) is 0 Å². The van der Waals surface area contributed by atoms with Crippen molar-refractivity contribution in [2.45, 2.75) is 45.9 Å². The molecule has 0 spiro atoms. The first-order chi connectivity index (χ1) is 5.02. The molecule has 66 valence electrons. The van der Waals surface area contributed by atoms with Crippen LogP contribution in [0.15, 0.2) is 12.3 Å². The van der Waals surface area contributed by atoms with Gasteiger partial charge in [-0.2, -0.15) is 0 Å². The Labute approximate surface area is 71.6 Å². The molecule has 0 fully saturated rings. The van der Waals surface area contributed by atoms with Gasteiger partial charge >= 0.3 is 0 Å². The highest BCUT2D eigenvalue weighted by molar-refractivity contribution is 6.76. The zero-order valence-electron chi connectivity index (χ0n) is 8.18. The molecule has 2 heteroatoms. The summed E-state index contributed by atoms with van der Waals surface area (Å²) in [5, 5.41) is 0. The SMILES string of the molecule is C=C[Si](C)(C)OC(C)CCC. The van der Waals surface area contributed by atoms with Crippen molar-refractivity contribution in [1.82, 2.24) is 0 Å². The van der Waals surface area contributed by atoms with Gasteiger partial charge in [-0.15, -0.1) is 6.58 Å². The van der Waals surface area contributed by atoms with Gasteiger partial charge in [0.2, 0.25) is 8.32 Å². The predicted molar refractivity (Wildman–Crippen MR) is 53.1 cm³/mol. The molecule has 0 aromatic rings. The largest absolute Gasteiger partial charge is 0.411 e. The molecule has 0 aliphatic heterocycles. The lowest BCUT2D eigenvalue weighted by Gasteiger charge is -2.23. The monoisotopic (exact) mass is 172 g/mol. The highest BCUT2D eigenvalue weighted by Crippen LogP contribution is 2.11. The van der Waals surface area contributed by atoms with Crippen LogP contribution in [0, 0.1) is 0 Å². The van der Waals surface area contributed by atoms with E-state index in [2.05, 4.69) is 33.5 Å². The van der Waals surface area contributed by atoms with Crippen LogP contribution in [0.25, 0.3) is 0 Å². The molecule has 0 bridgehead atoms. The average molecular weight is 172 g/mol. The van der Waals surface area contributed by atoms with Gasteiger partial charge in [0.1, 0.15) is 0 Å². The van der Waals surface area contributed by atoms with Gasteiger partial charge in [-0.1, -0.05) is 19.0 Å². The lowest BCUT2D eigenvalue weighted by Crippen LogP contribution is -2.32. The van der Waals surface area contributed by atoms with E-state index in [9.17, 15) is 0 Å². The normalized spacial score (nSPS) is 14.5. The zero-order valence-corrected chi connectivity index (χ0v) is 9.18. The van der Waals surface area contributed by atoms with Crippen molar-refractivity contribution in [2.24, 2.45) is 0 Å². The van der Waals surface area contributed by atoms with Crippen molar-refractivity contribution in [2.75, 3.05) is 0 Å². The summed E-state index contributed by atoms with van der Waals surface area (Å²) in [4.78, 5) is 0. The molecule has 0 aliphatic rings. The van der Waals surface area contributed by atoms with Crippen LogP contribution in [0.5, 0.6) is 0 Å². The van der Waals surface area contributed by atoms with Crippen molar-refractivity contribution in [3.63, 3.8) is 0 Å². The van der Waals surface area contributed by atoms with Gasteiger partial charge in [-0.25, -0.2) is 0 Å². The Morgan fingerprint density at radius 1 is 1.55 bits per heavy atom. The molecule has 1 unspecified atom stereocenters. The molecule has 11 heavy (non-hydrogen) atoms. The van der Waals surface area contributed by atoms with Gasteiger partial charge in [-0.3, -0.25) is 0 Å². The van der Waals surface area contributed by atoms with E-state index in [1.165, 1.54) is 6.42 Å². The third-order valence-electron chi connectivity index (χ3n) is 1.69. The molecule has 0 saturated heterocycles. The Balaban J connectivity index is 3.72. The first-order valence-corrected chi connectivity index (χ1v) is 7.32. The summed E-state index contributed by atoms with van der Waals surface area (Å²) in [5.74, 6) is 0. The molecule has 1 nitrogen and oxygen atoms in total. The van der Waals surface area contributed by atoms with Crippen LogP contribution in [0.4, 0.5) is 0 Å². The van der Waals surface area contributed by atoms with Crippen molar-refractivity contribution in [1.29, 1.82) is 0 Å². The minimum absolute atomic E-state index is 0.402. The second-order valence-corrected chi connectivity index (χ2v) is 7.38. The summed E-state index contributed by atoms with van der Waals surface area (Å²) in [6.45, 7) is 12.5. The van der Waals surface area contributed by atoms with Gasteiger partial charge in [0, 0.05) is 6.10 Å².